The average molecular weight is 497 g/mol. The zero-order valence-corrected chi connectivity index (χ0v) is 19.7. The molecule has 2 aromatic heterocycles. The number of hydrogen-bond donors (Lipinski definition) is 1. The highest BCUT2D eigenvalue weighted by Crippen LogP contribution is 2.42. The SMILES string of the molecule is CCC(c1cccc(-c2nc(C3CCOCC3)sc2-c2ccnc(Cl)n2)c1F)S(N)(=O)=O. The molecule has 170 valence electrons. The minimum atomic E-state index is -3.98. The summed E-state index contributed by atoms with van der Waals surface area (Å²) < 4.78 is 45.3. The maximum Gasteiger partial charge on any atom is 0.222 e. The molecule has 2 N–H and O–H groups in total. The van der Waals surface area contributed by atoms with Gasteiger partial charge in [0, 0.05) is 36.5 Å². The van der Waals surface area contributed by atoms with E-state index in [4.69, 9.17) is 26.5 Å². The van der Waals surface area contributed by atoms with Crippen molar-refractivity contribution in [2.75, 3.05) is 13.2 Å². The van der Waals surface area contributed by atoms with Crippen LogP contribution in [0.5, 0.6) is 0 Å². The minimum Gasteiger partial charge on any atom is -0.381 e. The first-order valence-electron chi connectivity index (χ1n) is 10.2. The van der Waals surface area contributed by atoms with Gasteiger partial charge >= 0.3 is 0 Å². The number of nitrogens with zero attached hydrogens (tertiary/aromatic N) is 3. The molecular weight excluding hydrogens is 475 g/mol. The summed E-state index contributed by atoms with van der Waals surface area (Å²) in [6.07, 6.45) is 3.33. The third-order valence-electron chi connectivity index (χ3n) is 5.47. The number of primary sulfonamides is 1. The molecule has 32 heavy (non-hydrogen) atoms. The third-order valence-corrected chi connectivity index (χ3v) is 8.27. The molecule has 1 fully saturated rings. The van der Waals surface area contributed by atoms with Crippen molar-refractivity contribution in [3.05, 3.63) is 52.1 Å². The van der Waals surface area contributed by atoms with Gasteiger partial charge in [-0.05, 0) is 43.0 Å². The van der Waals surface area contributed by atoms with Gasteiger partial charge in [-0.2, -0.15) is 0 Å². The lowest BCUT2D eigenvalue weighted by Gasteiger charge is -2.19. The van der Waals surface area contributed by atoms with Gasteiger partial charge in [0.05, 0.1) is 21.3 Å². The molecule has 11 heteroatoms. The van der Waals surface area contributed by atoms with Crippen molar-refractivity contribution in [3.63, 3.8) is 0 Å². The Bertz CT molecular complexity index is 1230. The number of halogens is 2. The van der Waals surface area contributed by atoms with Crippen molar-refractivity contribution in [3.8, 4) is 21.8 Å². The first-order chi connectivity index (χ1) is 15.3. The molecule has 1 aliphatic heterocycles. The molecule has 0 aliphatic carbocycles. The summed E-state index contributed by atoms with van der Waals surface area (Å²) in [6.45, 7) is 2.94. The van der Waals surface area contributed by atoms with Crippen LogP contribution in [0.25, 0.3) is 21.8 Å². The Morgan fingerprint density at radius 3 is 2.69 bits per heavy atom. The Morgan fingerprint density at radius 1 is 1.28 bits per heavy atom. The topological polar surface area (TPSA) is 108 Å². The van der Waals surface area contributed by atoms with Gasteiger partial charge in [-0.15, -0.1) is 11.3 Å². The van der Waals surface area contributed by atoms with E-state index >= 15 is 4.39 Å². The zero-order valence-electron chi connectivity index (χ0n) is 17.3. The molecule has 7 nitrogen and oxygen atoms in total. The molecule has 3 aromatic rings. The summed E-state index contributed by atoms with van der Waals surface area (Å²) in [4.78, 5) is 13.7. The Morgan fingerprint density at radius 2 is 2.03 bits per heavy atom. The molecule has 1 aromatic carbocycles. The summed E-state index contributed by atoms with van der Waals surface area (Å²) in [5.74, 6) is -0.462. The second-order valence-corrected chi connectivity index (χ2v) is 10.6. The van der Waals surface area contributed by atoms with E-state index in [9.17, 15) is 8.42 Å². The maximum absolute atomic E-state index is 15.7. The van der Waals surface area contributed by atoms with Crippen LogP contribution in [-0.2, 0) is 14.8 Å². The Hall–Kier alpha value is -1.98. The molecule has 0 amide bonds. The van der Waals surface area contributed by atoms with E-state index in [1.807, 2.05) is 0 Å². The predicted octanol–water partition coefficient (Wildman–Crippen LogP) is 4.69. The first kappa shape index (κ1) is 23.2. The Kier molecular flexibility index (Phi) is 6.87. The van der Waals surface area contributed by atoms with E-state index in [0.717, 1.165) is 17.8 Å². The van der Waals surface area contributed by atoms with E-state index in [2.05, 4.69) is 9.97 Å². The van der Waals surface area contributed by atoms with Crippen molar-refractivity contribution in [2.45, 2.75) is 37.4 Å². The maximum atomic E-state index is 15.7. The second kappa shape index (κ2) is 9.48. The van der Waals surface area contributed by atoms with Crippen molar-refractivity contribution in [1.29, 1.82) is 0 Å². The van der Waals surface area contributed by atoms with Gasteiger partial charge in [-0.3, -0.25) is 0 Å². The smallest absolute Gasteiger partial charge is 0.222 e. The number of sulfonamides is 1. The summed E-state index contributed by atoms with van der Waals surface area (Å²) in [7, 11) is -3.98. The summed E-state index contributed by atoms with van der Waals surface area (Å²) >= 11 is 7.44. The van der Waals surface area contributed by atoms with Gasteiger partial charge in [-0.25, -0.2) is 32.9 Å². The molecule has 3 heterocycles. The lowest BCUT2D eigenvalue weighted by atomic mass is 10.0. The average Bonchev–Trinajstić information content (AvgIpc) is 3.20. The number of ether oxygens (including phenoxy) is 1. The van der Waals surface area contributed by atoms with Crippen LogP contribution in [0.1, 0.15) is 47.9 Å². The molecule has 4 rings (SSSR count). The lowest BCUT2D eigenvalue weighted by Crippen LogP contribution is -2.22. The molecule has 1 saturated heterocycles. The second-order valence-electron chi connectivity index (χ2n) is 7.52. The van der Waals surface area contributed by atoms with Gasteiger partial charge < -0.3 is 4.74 Å². The number of benzene rings is 1. The van der Waals surface area contributed by atoms with Crippen molar-refractivity contribution in [1.82, 2.24) is 15.0 Å². The van der Waals surface area contributed by atoms with Gasteiger partial charge in [-0.1, -0.05) is 19.1 Å². The first-order valence-corrected chi connectivity index (χ1v) is 13.0. The standard InChI is InChI=1S/C21H22ClFN4O3S2/c1-2-16(32(24,28)29)13-4-3-5-14(17(13)23)18-19(15-6-9-25-21(22)26-15)31-20(27-18)12-7-10-30-11-8-12/h3-6,9,12,16H,2,7-8,10-11H2,1H3,(H2,24,28,29). The lowest BCUT2D eigenvalue weighted by molar-refractivity contribution is 0.0853. The number of nitrogens with two attached hydrogens (primary N) is 1. The largest absolute Gasteiger partial charge is 0.381 e. The van der Waals surface area contributed by atoms with E-state index in [-0.39, 0.29) is 28.7 Å². The molecule has 0 saturated carbocycles. The van der Waals surface area contributed by atoms with Crippen molar-refractivity contribution >= 4 is 33.0 Å². The molecule has 1 aliphatic rings. The normalized spacial score (nSPS) is 16.2. The van der Waals surface area contributed by atoms with Crippen molar-refractivity contribution in [2.24, 2.45) is 5.14 Å². The summed E-state index contributed by atoms with van der Waals surface area (Å²) in [5, 5.41) is 5.15. The van der Waals surface area contributed by atoms with E-state index < -0.39 is 21.1 Å². The van der Waals surface area contributed by atoms with E-state index in [1.165, 1.54) is 23.6 Å². The van der Waals surface area contributed by atoms with Gasteiger partial charge in [0.25, 0.3) is 0 Å². The fraction of sp³-hybridized carbons (Fsp3) is 0.381. The minimum absolute atomic E-state index is 0.0276. The van der Waals surface area contributed by atoms with E-state index in [1.54, 1.807) is 25.1 Å². The summed E-state index contributed by atoms with van der Waals surface area (Å²) in [5.41, 5.74) is 1.15. The quantitative estimate of drug-likeness (QED) is 0.496. The molecule has 1 unspecified atom stereocenters. The van der Waals surface area contributed by atoms with Crippen LogP contribution in [0.15, 0.2) is 30.5 Å². The van der Waals surface area contributed by atoms with Crippen LogP contribution in [0, 0.1) is 5.82 Å². The highest BCUT2D eigenvalue weighted by Gasteiger charge is 2.29. The van der Waals surface area contributed by atoms with Crippen LogP contribution in [0.4, 0.5) is 4.39 Å². The molecule has 0 spiro atoms. The fourth-order valence-electron chi connectivity index (χ4n) is 3.88. The highest BCUT2D eigenvalue weighted by molar-refractivity contribution is 7.89. The van der Waals surface area contributed by atoms with Crippen LogP contribution >= 0.6 is 22.9 Å². The van der Waals surface area contributed by atoms with Crippen LogP contribution in [-0.4, -0.2) is 36.6 Å². The number of thiazole rings is 1. The zero-order chi connectivity index (χ0) is 22.9. The molecular formula is C21H22ClFN4O3S2. The van der Waals surface area contributed by atoms with Crippen LogP contribution in [0.2, 0.25) is 5.28 Å². The fourth-order valence-corrected chi connectivity index (χ4v) is 6.25. The van der Waals surface area contributed by atoms with Crippen LogP contribution in [0.3, 0.4) is 0 Å². The summed E-state index contributed by atoms with van der Waals surface area (Å²) in [6, 6.07) is 6.34. The number of aromatic nitrogens is 3. The Labute approximate surface area is 194 Å². The third kappa shape index (κ3) is 4.69. The highest BCUT2D eigenvalue weighted by atomic mass is 35.5. The van der Waals surface area contributed by atoms with Gasteiger partial charge in [0.2, 0.25) is 15.3 Å². The van der Waals surface area contributed by atoms with Gasteiger partial charge in [0.15, 0.2) is 0 Å². The number of rotatable bonds is 6. The van der Waals surface area contributed by atoms with Crippen LogP contribution < -0.4 is 5.14 Å². The molecule has 0 radical (unpaired) electrons. The molecule has 0 bridgehead atoms. The number of hydrogen-bond acceptors (Lipinski definition) is 7. The molecule has 1 atom stereocenters. The monoisotopic (exact) mass is 496 g/mol. The Balaban J connectivity index is 1.89. The van der Waals surface area contributed by atoms with Crippen molar-refractivity contribution < 1.29 is 17.5 Å². The van der Waals surface area contributed by atoms with E-state index in [0.29, 0.717) is 29.5 Å². The predicted molar refractivity (Wildman–Crippen MR) is 122 cm³/mol. The van der Waals surface area contributed by atoms with Gasteiger partial charge in [0.1, 0.15) is 11.1 Å².